The quantitative estimate of drug-likeness (QED) is 0.581. The number of halogens is 1. The summed E-state index contributed by atoms with van der Waals surface area (Å²) in [6.07, 6.45) is -0.998. The summed E-state index contributed by atoms with van der Waals surface area (Å²) >= 11 is 5.75. The molecule has 0 aliphatic carbocycles. The normalized spacial score (nSPS) is 12.5. The largest absolute Gasteiger partial charge is 0.485 e. The molecule has 0 saturated heterocycles. The number of ether oxygens (including phenoxy) is 1. The van der Waals surface area contributed by atoms with Crippen molar-refractivity contribution in [3.8, 4) is 5.75 Å². The molecule has 0 unspecified atom stereocenters. The van der Waals surface area contributed by atoms with Crippen molar-refractivity contribution in [3.05, 3.63) is 29.3 Å². The maximum absolute atomic E-state index is 11.3. The van der Waals surface area contributed by atoms with Crippen LogP contribution in [0.15, 0.2) is 24.3 Å². The molecule has 0 aromatic heterocycles. The highest BCUT2D eigenvalue weighted by Gasteiger charge is 2.20. The summed E-state index contributed by atoms with van der Waals surface area (Å²) in [5, 5.41) is 0.483. The van der Waals surface area contributed by atoms with E-state index in [1.54, 1.807) is 12.1 Å². The smallest absolute Gasteiger partial charge is 0.335 e. The highest BCUT2D eigenvalue weighted by molar-refractivity contribution is 7.84. The molecule has 1 aromatic carbocycles. The first-order valence-corrected chi connectivity index (χ1v) is 9.45. The molecule has 0 aliphatic rings. The molecule has 0 radical (unpaired) electrons. The van der Waals surface area contributed by atoms with Gasteiger partial charge in [-0.25, -0.2) is 0 Å². The topological polar surface area (TPSA) is 120 Å². The van der Waals surface area contributed by atoms with Gasteiger partial charge in [0.05, 0.1) is 0 Å². The highest BCUT2D eigenvalue weighted by Crippen LogP contribution is 2.17. The van der Waals surface area contributed by atoms with E-state index in [-0.39, 0.29) is 0 Å². The first-order chi connectivity index (χ1) is 10.7. The summed E-state index contributed by atoms with van der Waals surface area (Å²) in [7, 11) is -5.54. The van der Waals surface area contributed by atoms with Crippen LogP contribution in [0.4, 0.5) is 0 Å². The van der Waals surface area contributed by atoms with Gasteiger partial charge in [-0.3, -0.25) is 8.37 Å². The number of hydrogen-bond donors (Lipinski definition) is 2. The zero-order valence-electron chi connectivity index (χ0n) is 12.4. The summed E-state index contributed by atoms with van der Waals surface area (Å²) in [4.78, 5) is 0. The Hall–Kier alpha value is -0.950. The molecule has 9 nitrogen and oxygen atoms in total. The van der Waals surface area contributed by atoms with Crippen molar-refractivity contribution in [1.29, 1.82) is 0 Å². The van der Waals surface area contributed by atoms with E-state index < -0.39 is 39.9 Å². The molecule has 0 heterocycles. The molecule has 0 bridgehead atoms. The van der Waals surface area contributed by atoms with E-state index in [0.717, 1.165) is 0 Å². The molecule has 1 aromatic rings. The van der Waals surface area contributed by atoms with Crippen LogP contribution in [0.1, 0.15) is 0 Å². The lowest BCUT2D eigenvalue weighted by Gasteiger charge is -2.18. The minimum atomic E-state index is -3.94. The number of rotatable bonds is 10. The van der Waals surface area contributed by atoms with E-state index in [1.165, 1.54) is 26.2 Å². The summed E-state index contributed by atoms with van der Waals surface area (Å²) in [6.45, 7) is -0.907. The van der Waals surface area contributed by atoms with Crippen molar-refractivity contribution in [2.24, 2.45) is 0 Å². The van der Waals surface area contributed by atoms with Crippen molar-refractivity contribution in [3.63, 3.8) is 0 Å². The van der Waals surface area contributed by atoms with Gasteiger partial charge in [-0.05, 0) is 24.3 Å². The van der Waals surface area contributed by atoms with Gasteiger partial charge in [0.2, 0.25) is 0 Å². The number of benzene rings is 1. The van der Waals surface area contributed by atoms with E-state index in [2.05, 4.69) is 8.37 Å². The zero-order valence-corrected chi connectivity index (χ0v) is 14.7. The Bertz CT molecular complexity index is 654. The Morgan fingerprint density at radius 3 is 1.78 bits per heavy atom. The number of hydrogen-bond acceptors (Lipinski definition) is 7. The van der Waals surface area contributed by atoms with Crippen LogP contribution in [0, 0.1) is 0 Å². The molecular weight excluding hydrogens is 372 g/mol. The highest BCUT2D eigenvalue weighted by atomic mass is 35.5. The average molecular weight is 389 g/mol. The van der Waals surface area contributed by atoms with Crippen LogP contribution in [0.5, 0.6) is 5.75 Å². The Morgan fingerprint density at radius 1 is 0.957 bits per heavy atom. The molecule has 0 fully saturated rings. The van der Waals surface area contributed by atoms with E-state index in [1.807, 2.05) is 9.44 Å². The van der Waals surface area contributed by atoms with Gasteiger partial charge < -0.3 is 4.74 Å². The van der Waals surface area contributed by atoms with E-state index in [4.69, 9.17) is 16.3 Å². The molecule has 0 amide bonds. The van der Waals surface area contributed by atoms with E-state index >= 15 is 0 Å². The van der Waals surface area contributed by atoms with Gasteiger partial charge in [0.25, 0.3) is 0 Å². The molecule has 0 saturated carbocycles. The van der Waals surface area contributed by atoms with Crippen LogP contribution in [0.3, 0.4) is 0 Å². The van der Waals surface area contributed by atoms with Gasteiger partial charge in [0.1, 0.15) is 25.1 Å². The fourth-order valence-electron chi connectivity index (χ4n) is 1.27. The van der Waals surface area contributed by atoms with Crippen LogP contribution in [0.2, 0.25) is 5.02 Å². The fraction of sp³-hybridized carbons (Fsp3) is 0.455. The molecule has 132 valence electrons. The second-order valence-electron chi connectivity index (χ2n) is 4.08. The Labute approximate surface area is 140 Å². The monoisotopic (exact) mass is 388 g/mol. The lowest BCUT2D eigenvalue weighted by Crippen LogP contribution is -2.35. The SMILES string of the molecule is CNS(=O)(=O)OCC(COS(=O)(=O)NC)Oc1ccc(Cl)cc1. The predicted molar refractivity (Wildman–Crippen MR) is 83.7 cm³/mol. The van der Waals surface area contributed by atoms with Gasteiger partial charge in [-0.1, -0.05) is 11.6 Å². The van der Waals surface area contributed by atoms with Crippen molar-refractivity contribution >= 4 is 32.2 Å². The number of nitrogens with one attached hydrogen (secondary N) is 2. The fourth-order valence-corrected chi connectivity index (χ4v) is 2.29. The molecule has 0 aliphatic heterocycles. The Balaban J connectivity index is 2.76. The van der Waals surface area contributed by atoms with Gasteiger partial charge in [0, 0.05) is 19.1 Å². The predicted octanol–water partition coefficient (Wildman–Crippen LogP) is 0.0490. The van der Waals surface area contributed by atoms with Gasteiger partial charge in [0.15, 0.2) is 0 Å². The van der Waals surface area contributed by atoms with Crippen molar-refractivity contribution in [2.45, 2.75) is 6.10 Å². The summed E-state index contributed by atoms with van der Waals surface area (Å²) < 4.78 is 63.8. The lowest BCUT2D eigenvalue weighted by atomic mass is 10.3. The van der Waals surface area contributed by atoms with Crippen LogP contribution in [0.25, 0.3) is 0 Å². The van der Waals surface area contributed by atoms with E-state index in [9.17, 15) is 16.8 Å². The first-order valence-electron chi connectivity index (χ1n) is 6.25. The van der Waals surface area contributed by atoms with Crippen LogP contribution >= 0.6 is 11.6 Å². The summed E-state index contributed by atoms with van der Waals surface area (Å²) in [6, 6.07) is 6.19. The third kappa shape index (κ3) is 7.92. The maximum atomic E-state index is 11.3. The molecule has 2 N–H and O–H groups in total. The summed E-state index contributed by atoms with van der Waals surface area (Å²) in [5.74, 6) is 0.343. The molecule has 12 heteroatoms. The van der Waals surface area contributed by atoms with Gasteiger partial charge in [-0.15, -0.1) is 0 Å². The van der Waals surface area contributed by atoms with Crippen LogP contribution < -0.4 is 14.2 Å². The van der Waals surface area contributed by atoms with Crippen LogP contribution in [-0.4, -0.2) is 50.2 Å². The Morgan fingerprint density at radius 2 is 1.39 bits per heavy atom. The third-order valence-electron chi connectivity index (χ3n) is 2.43. The van der Waals surface area contributed by atoms with Gasteiger partial charge >= 0.3 is 20.6 Å². The third-order valence-corrected chi connectivity index (χ3v) is 4.58. The van der Waals surface area contributed by atoms with E-state index in [0.29, 0.717) is 10.8 Å². The first kappa shape index (κ1) is 20.1. The second kappa shape index (κ2) is 8.78. The molecule has 0 spiro atoms. The second-order valence-corrected chi connectivity index (χ2v) is 7.62. The molecule has 1 rings (SSSR count). The minimum absolute atomic E-state index is 0.343. The molecule has 0 atom stereocenters. The molecule has 23 heavy (non-hydrogen) atoms. The Kier molecular flexibility index (Phi) is 7.67. The average Bonchev–Trinajstić information content (AvgIpc) is 2.52. The molecular formula is C11H17ClN2O7S2. The standard InChI is InChI=1S/C11H17ClN2O7S2/c1-13-22(15,16)19-7-11(8-20-23(17,18)14-2)21-10-5-3-9(12)4-6-10/h3-6,11,13-14H,7-8H2,1-2H3. The van der Waals surface area contributed by atoms with Crippen molar-refractivity contribution < 1.29 is 29.9 Å². The zero-order chi connectivity index (χ0) is 17.5. The van der Waals surface area contributed by atoms with Crippen molar-refractivity contribution in [1.82, 2.24) is 9.44 Å². The van der Waals surface area contributed by atoms with Crippen molar-refractivity contribution in [2.75, 3.05) is 27.3 Å². The van der Waals surface area contributed by atoms with Gasteiger partial charge in [-0.2, -0.15) is 26.3 Å². The summed E-state index contributed by atoms with van der Waals surface area (Å²) in [5.41, 5.74) is 0. The van der Waals surface area contributed by atoms with Crippen LogP contribution in [-0.2, 0) is 29.0 Å². The lowest BCUT2D eigenvalue weighted by molar-refractivity contribution is 0.0849. The minimum Gasteiger partial charge on any atom is -0.485 e. The maximum Gasteiger partial charge on any atom is 0.335 e.